The summed E-state index contributed by atoms with van der Waals surface area (Å²) in [5.41, 5.74) is 2.20. The van der Waals surface area contributed by atoms with Crippen LogP contribution in [0.1, 0.15) is 41.8 Å². The first-order valence-corrected chi connectivity index (χ1v) is 11.8. The van der Waals surface area contributed by atoms with Crippen LogP contribution in [0.2, 0.25) is 0 Å². The number of hydrogen-bond donors (Lipinski definition) is 0. The molecular formula is C24H30N2O5S. The summed E-state index contributed by atoms with van der Waals surface area (Å²) in [7, 11) is 1.55. The number of carbonyl (C=O) groups is 3. The molecule has 2 heterocycles. The first-order valence-electron chi connectivity index (χ1n) is 10.9. The van der Waals surface area contributed by atoms with Gasteiger partial charge in [-0.2, -0.15) is 0 Å². The van der Waals surface area contributed by atoms with Crippen LogP contribution in [0.3, 0.4) is 0 Å². The molecular weight excluding hydrogens is 428 g/mol. The van der Waals surface area contributed by atoms with Gasteiger partial charge in [0.05, 0.1) is 32.2 Å². The van der Waals surface area contributed by atoms with Crippen molar-refractivity contribution in [3.63, 3.8) is 0 Å². The Hall–Kier alpha value is -2.71. The molecule has 3 rings (SSSR count). The highest BCUT2D eigenvalue weighted by atomic mass is 32.1. The van der Waals surface area contributed by atoms with E-state index in [1.165, 1.54) is 9.78 Å². The van der Waals surface area contributed by atoms with Crippen LogP contribution in [-0.2, 0) is 30.3 Å². The zero-order chi connectivity index (χ0) is 22.9. The van der Waals surface area contributed by atoms with Gasteiger partial charge in [0.25, 0.3) is 0 Å². The zero-order valence-electron chi connectivity index (χ0n) is 18.6. The molecule has 0 saturated heterocycles. The van der Waals surface area contributed by atoms with Gasteiger partial charge in [0.2, 0.25) is 11.8 Å². The van der Waals surface area contributed by atoms with E-state index in [4.69, 9.17) is 9.47 Å². The Kier molecular flexibility index (Phi) is 8.81. The van der Waals surface area contributed by atoms with Crippen molar-refractivity contribution in [1.82, 2.24) is 9.80 Å². The topological polar surface area (TPSA) is 76.1 Å². The summed E-state index contributed by atoms with van der Waals surface area (Å²) in [5, 5.41) is 2.07. The molecule has 1 aliphatic rings. The Morgan fingerprint density at radius 2 is 1.94 bits per heavy atom. The lowest BCUT2D eigenvalue weighted by Crippen LogP contribution is -2.47. The minimum absolute atomic E-state index is 0.00103. The van der Waals surface area contributed by atoms with Gasteiger partial charge in [-0.05, 0) is 35.9 Å². The highest BCUT2D eigenvalue weighted by molar-refractivity contribution is 7.10. The number of rotatable bonds is 10. The van der Waals surface area contributed by atoms with E-state index in [0.717, 1.165) is 17.5 Å². The number of benzene rings is 1. The second-order valence-corrected chi connectivity index (χ2v) is 8.56. The maximum absolute atomic E-state index is 13.4. The minimum Gasteiger partial charge on any atom is -0.466 e. The molecule has 0 bridgehead atoms. The van der Waals surface area contributed by atoms with Crippen LogP contribution in [0.4, 0.5) is 0 Å². The predicted molar refractivity (Wildman–Crippen MR) is 122 cm³/mol. The summed E-state index contributed by atoms with van der Waals surface area (Å²) in [6.07, 6.45) is 0.808. The van der Waals surface area contributed by atoms with Gasteiger partial charge >= 0.3 is 5.97 Å². The summed E-state index contributed by atoms with van der Waals surface area (Å²) in [6.45, 7) is 3.16. The standard InChI is InChI=1S/C24H30N2O5S/c1-3-31-23(29)10-9-21(27)25(14-15-30-2)17-22(28)26-13-11-20-19(12-16-32-20)24(26)18-7-5-4-6-8-18/h4-8,12,16,24H,3,9-11,13-15,17H2,1-2H3. The summed E-state index contributed by atoms with van der Waals surface area (Å²) >= 11 is 1.72. The molecule has 7 nitrogen and oxygen atoms in total. The molecule has 32 heavy (non-hydrogen) atoms. The molecule has 0 aliphatic carbocycles. The maximum Gasteiger partial charge on any atom is 0.306 e. The summed E-state index contributed by atoms with van der Waals surface area (Å²) in [5.74, 6) is -0.784. The van der Waals surface area contributed by atoms with Crippen molar-refractivity contribution in [3.05, 3.63) is 57.8 Å². The Bertz CT molecular complexity index is 914. The first kappa shape index (κ1) is 23.9. The minimum atomic E-state index is -0.413. The van der Waals surface area contributed by atoms with Gasteiger partial charge in [-0.25, -0.2) is 0 Å². The zero-order valence-corrected chi connectivity index (χ0v) is 19.4. The van der Waals surface area contributed by atoms with Crippen LogP contribution in [0.15, 0.2) is 41.8 Å². The smallest absolute Gasteiger partial charge is 0.306 e. The van der Waals surface area contributed by atoms with Crippen LogP contribution in [-0.4, -0.2) is 67.5 Å². The van der Waals surface area contributed by atoms with Crippen LogP contribution in [0.5, 0.6) is 0 Å². The van der Waals surface area contributed by atoms with Gasteiger partial charge in [0.15, 0.2) is 0 Å². The molecule has 1 unspecified atom stereocenters. The van der Waals surface area contributed by atoms with Crippen molar-refractivity contribution >= 4 is 29.1 Å². The van der Waals surface area contributed by atoms with E-state index in [9.17, 15) is 14.4 Å². The molecule has 1 aromatic heterocycles. The van der Waals surface area contributed by atoms with E-state index in [1.807, 2.05) is 35.2 Å². The Morgan fingerprint density at radius 3 is 2.66 bits per heavy atom. The fourth-order valence-corrected chi connectivity index (χ4v) is 4.83. The average molecular weight is 459 g/mol. The molecule has 0 saturated carbocycles. The van der Waals surface area contributed by atoms with Gasteiger partial charge in [-0.3, -0.25) is 14.4 Å². The van der Waals surface area contributed by atoms with Gasteiger partial charge in [0.1, 0.15) is 0 Å². The van der Waals surface area contributed by atoms with E-state index in [0.29, 0.717) is 13.2 Å². The largest absolute Gasteiger partial charge is 0.466 e. The van der Waals surface area contributed by atoms with Gasteiger partial charge in [-0.15, -0.1) is 11.3 Å². The lowest BCUT2D eigenvalue weighted by atomic mass is 9.93. The molecule has 0 radical (unpaired) electrons. The number of fused-ring (bicyclic) bond motifs is 1. The van der Waals surface area contributed by atoms with Crippen LogP contribution in [0, 0.1) is 0 Å². The van der Waals surface area contributed by atoms with Crippen molar-refractivity contribution in [3.8, 4) is 0 Å². The quantitative estimate of drug-likeness (QED) is 0.512. The monoisotopic (exact) mass is 458 g/mol. The molecule has 172 valence electrons. The van der Waals surface area contributed by atoms with E-state index in [2.05, 4.69) is 11.4 Å². The van der Waals surface area contributed by atoms with Gasteiger partial charge in [0, 0.05) is 31.5 Å². The van der Waals surface area contributed by atoms with E-state index < -0.39 is 5.97 Å². The molecule has 0 spiro atoms. The second kappa shape index (κ2) is 11.8. The second-order valence-electron chi connectivity index (χ2n) is 7.56. The van der Waals surface area contributed by atoms with Crippen molar-refractivity contribution in [2.24, 2.45) is 0 Å². The third-order valence-electron chi connectivity index (χ3n) is 5.49. The van der Waals surface area contributed by atoms with Gasteiger partial charge in [-0.1, -0.05) is 30.3 Å². The predicted octanol–water partition coefficient (Wildman–Crippen LogP) is 3.04. The molecule has 2 aromatic rings. The number of amides is 2. The summed E-state index contributed by atoms with van der Waals surface area (Å²) < 4.78 is 10.0. The average Bonchev–Trinajstić information content (AvgIpc) is 3.29. The molecule has 1 aromatic carbocycles. The van der Waals surface area contributed by atoms with Crippen molar-refractivity contribution < 1.29 is 23.9 Å². The van der Waals surface area contributed by atoms with Crippen molar-refractivity contribution in [1.29, 1.82) is 0 Å². The summed E-state index contributed by atoms with van der Waals surface area (Å²) in [4.78, 5) is 42.5. The number of ether oxygens (including phenoxy) is 2. The number of nitrogens with zero attached hydrogens (tertiary/aromatic N) is 2. The molecule has 0 N–H and O–H groups in total. The van der Waals surface area contributed by atoms with E-state index in [1.54, 1.807) is 25.4 Å². The third kappa shape index (κ3) is 5.95. The van der Waals surface area contributed by atoms with E-state index >= 15 is 0 Å². The SMILES string of the molecule is CCOC(=O)CCC(=O)N(CCOC)CC(=O)N1CCc2sccc2C1c1ccccc1. The Morgan fingerprint density at radius 1 is 1.16 bits per heavy atom. The number of thiophene rings is 1. The van der Waals surface area contributed by atoms with Crippen molar-refractivity contribution in [2.45, 2.75) is 32.2 Å². The molecule has 2 amide bonds. The molecule has 8 heteroatoms. The van der Waals surface area contributed by atoms with Crippen LogP contribution < -0.4 is 0 Å². The lowest BCUT2D eigenvalue weighted by Gasteiger charge is -2.37. The Balaban J connectivity index is 1.75. The van der Waals surface area contributed by atoms with Crippen LogP contribution >= 0.6 is 11.3 Å². The first-order chi connectivity index (χ1) is 15.5. The molecule has 0 fully saturated rings. The number of carbonyl (C=O) groups excluding carboxylic acids is 3. The lowest BCUT2D eigenvalue weighted by molar-refractivity contribution is -0.147. The summed E-state index contributed by atoms with van der Waals surface area (Å²) in [6, 6.07) is 11.9. The number of methoxy groups -OCH3 is 1. The molecule has 1 aliphatic heterocycles. The molecule has 1 atom stereocenters. The van der Waals surface area contributed by atoms with Crippen molar-refractivity contribution in [2.75, 3.05) is 40.0 Å². The Labute approximate surface area is 192 Å². The maximum atomic E-state index is 13.4. The fraction of sp³-hybridized carbons (Fsp3) is 0.458. The highest BCUT2D eigenvalue weighted by Gasteiger charge is 2.33. The van der Waals surface area contributed by atoms with Crippen LogP contribution in [0.25, 0.3) is 0 Å². The normalized spacial score (nSPS) is 15.2. The number of hydrogen-bond acceptors (Lipinski definition) is 6. The van der Waals surface area contributed by atoms with Gasteiger partial charge < -0.3 is 19.3 Å². The highest BCUT2D eigenvalue weighted by Crippen LogP contribution is 2.37. The fourth-order valence-electron chi connectivity index (χ4n) is 3.93. The number of esters is 1. The van der Waals surface area contributed by atoms with E-state index in [-0.39, 0.29) is 50.4 Å². The third-order valence-corrected chi connectivity index (χ3v) is 6.49.